The number of carboxylic acids is 1. The third-order valence-corrected chi connectivity index (χ3v) is 5.22. The average Bonchev–Trinajstić information content (AvgIpc) is 2.72. The van der Waals surface area contributed by atoms with E-state index < -0.39 is 17.4 Å². The molecule has 0 saturated carbocycles. The summed E-state index contributed by atoms with van der Waals surface area (Å²) in [5.41, 5.74) is -0.471. The Bertz CT molecular complexity index is 538. The minimum Gasteiger partial charge on any atom is -0.481 e. The molecule has 0 radical (unpaired) electrons. The van der Waals surface area contributed by atoms with Gasteiger partial charge in [0.1, 0.15) is 0 Å². The predicted molar refractivity (Wildman–Crippen MR) is 110 cm³/mol. The maximum Gasteiger partial charge on any atom is 0.306 e. The van der Waals surface area contributed by atoms with Crippen molar-refractivity contribution in [2.75, 3.05) is 32.8 Å². The largest absolute Gasteiger partial charge is 0.481 e. The summed E-state index contributed by atoms with van der Waals surface area (Å²) in [6.07, 6.45) is 4.35. The third kappa shape index (κ3) is 10.8. The second kappa shape index (κ2) is 14.5. The van der Waals surface area contributed by atoms with Gasteiger partial charge in [0, 0.05) is 31.5 Å². The molecule has 166 valence electrons. The van der Waals surface area contributed by atoms with E-state index in [0.717, 1.165) is 19.3 Å². The number of aliphatic carboxylic acids is 1. The number of ether oxygens (including phenoxy) is 1. The maximum absolute atomic E-state index is 12.4. The number of carboxylic acid groups (broad SMARTS) is 1. The Hall–Kier alpha value is -1.47. The third-order valence-electron chi connectivity index (χ3n) is 4.96. The van der Waals surface area contributed by atoms with Gasteiger partial charge in [0.2, 0.25) is 12.3 Å². The van der Waals surface area contributed by atoms with Gasteiger partial charge >= 0.3 is 11.9 Å². The zero-order valence-corrected chi connectivity index (χ0v) is 18.6. The molecule has 1 aliphatic rings. The van der Waals surface area contributed by atoms with Gasteiger partial charge in [-0.15, -0.1) is 0 Å². The molecule has 1 heterocycles. The number of piperidine rings is 1. The summed E-state index contributed by atoms with van der Waals surface area (Å²) >= 11 is 1.61. The van der Waals surface area contributed by atoms with Crippen molar-refractivity contribution < 1.29 is 37.1 Å². The number of carbonyl (C=O) groups is 4. The van der Waals surface area contributed by atoms with Crippen molar-refractivity contribution in [1.29, 1.82) is 0 Å². The van der Waals surface area contributed by atoms with Crippen LogP contribution < -0.4 is 5.32 Å². The van der Waals surface area contributed by atoms with Gasteiger partial charge in [0.15, 0.2) is 23.0 Å². The van der Waals surface area contributed by atoms with Crippen molar-refractivity contribution in [3.8, 4) is 0 Å². The van der Waals surface area contributed by atoms with Crippen molar-refractivity contribution >= 4 is 47.3 Å². The zero-order valence-electron chi connectivity index (χ0n) is 16.4. The van der Waals surface area contributed by atoms with E-state index in [1.807, 2.05) is 0 Å². The van der Waals surface area contributed by atoms with Crippen LogP contribution in [0.5, 0.6) is 0 Å². The fourth-order valence-electron chi connectivity index (χ4n) is 3.12. The zero-order chi connectivity index (χ0) is 21.5. The Morgan fingerprint density at radius 2 is 1.79 bits per heavy atom. The van der Waals surface area contributed by atoms with E-state index in [1.165, 1.54) is 0 Å². The van der Waals surface area contributed by atoms with Gasteiger partial charge in [0.25, 0.3) is 0 Å². The summed E-state index contributed by atoms with van der Waals surface area (Å²) in [5.74, 6) is -1.53. The topological polar surface area (TPSA) is 131 Å². The number of hydrogen-bond donors (Lipinski definition) is 2. The van der Waals surface area contributed by atoms with Gasteiger partial charge < -0.3 is 20.1 Å². The summed E-state index contributed by atoms with van der Waals surface area (Å²) in [5, 5.41) is 11.2. The van der Waals surface area contributed by atoms with Crippen molar-refractivity contribution in [3.05, 3.63) is 0 Å². The van der Waals surface area contributed by atoms with Gasteiger partial charge in [-0.25, -0.2) is 4.89 Å². The van der Waals surface area contributed by atoms with Gasteiger partial charge in [-0.3, -0.25) is 19.2 Å². The number of carbonyl (C=O) groups excluding carboxylic acids is 3. The molecule has 0 bridgehead atoms. The second-order valence-electron chi connectivity index (χ2n) is 7.14. The molecule has 0 spiro atoms. The fraction of sp³-hybridized carbons (Fsp3) is 0.778. The Balaban J connectivity index is 2.41. The van der Waals surface area contributed by atoms with Crippen molar-refractivity contribution in [1.82, 2.24) is 10.2 Å². The summed E-state index contributed by atoms with van der Waals surface area (Å²) in [4.78, 5) is 51.7. The first kappa shape index (κ1) is 25.6. The summed E-state index contributed by atoms with van der Waals surface area (Å²) in [6, 6.07) is 0. The van der Waals surface area contributed by atoms with Crippen LogP contribution in [0.3, 0.4) is 0 Å². The molecule has 1 aliphatic heterocycles. The van der Waals surface area contributed by atoms with Gasteiger partial charge in [-0.2, -0.15) is 3.22 Å². The highest BCUT2D eigenvalue weighted by Crippen LogP contribution is 2.33. The van der Waals surface area contributed by atoms with Crippen LogP contribution in [-0.2, 0) is 32.0 Å². The van der Waals surface area contributed by atoms with Crippen LogP contribution in [0.2, 0.25) is 0 Å². The highest BCUT2D eigenvalue weighted by molar-refractivity contribution is 14.1. The van der Waals surface area contributed by atoms with Gasteiger partial charge in [-0.1, -0.05) is 6.42 Å². The highest BCUT2D eigenvalue weighted by Gasteiger charge is 2.38. The van der Waals surface area contributed by atoms with Crippen LogP contribution in [0.1, 0.15) is 51.4 Å². The molecule has 0 aliphatic carbocycles. The molecule has 10 nitrogen and oxygen atoms in total. The van der Waals surface area contributed by atoms with Crippen LogP contribution >= 0.6 is 23.0 Å². The molecule has 0 atom stereocenters. The molecular weight excluding hydrogens is 499 g/mol. The fourth-order valence-corrected chi connectivity index (χ4v) is 3.25. The number of amides is 2. The Labute approximate surface area is 184 Å². The van der Waals surface area contributed by atoms with Crippen LogP contribution in [0.15, 0.2) is 0 Å². The number of rotatable bonds is 15. The SMILES string of the molecule is O=CNCCCCCC(=O)N1CCC(COOI)(COC(=O)CCC(=O)O)CC1. The molecule has 0 aromatic heterocycles. The minimum absolute atomic E-state index is 0.0893. The van der Waals surface area contributed by atoms with E-state index in [-0.39, 0.29) is 32.0 Å². The first-order valence-corrected chi connectivity index (χ1v) is 10.5. The van der Waals surface area contributed by atoms with E-state index >= 15 is 0 Å². The lowest BCUT2D eigenvalue weighted by Crippen LogP contribution is -2.47. The lowest BCUT2D eigenvalue weighted by atomic mass is 9.79. The average molecular weight is 528 g/mol. The van der Waals surface area contributed by atoms with E-state index in [2.05, 4.69) is 8.53 Å². The van der Waals surface area contributed by atoms with Crippen molar-refractivity contribution in [3.63, 3.8) is 0 Å². The molecule has 11 heteroatoms. The number of esters is 1. The molecule has 1 fully saturated rings. The normalized spacial score (nSPS) is 15.6. The van der Waals surface area contributed by atoms with Gasteiger partial charge in [0.05, 0.1) is 26.1 Å². The van der Waals surface area contributed by atoms with Crippen LogP contribution in [-0.4, -0.2) is 67.1 Å². The molecule has 2 amide bonds. The molecule has 0 aromatic carbocycles. The summed E-state index contributed by atoms with van der Waals surface area (Å²) in [6.45, 7) is 1.99. The Morgan fingerprint density at radius 1 is 1.07 bits per heavy atom. The van der Waals surface area contributed by atoms with Crippen LogP contribution in [0.4, 0.5) is 0 Å². The molecule has 0 aromatic rings. The van der Waals surface area contributed by atoms with Gasteiger partial charge in [-0.05, 0) is 25.7 Å². The molecule has 1 rings (SSSR count). The monoisotopic (exact) mass is 528 g/mol. The standard InChI is InChI=1S/C18H29IN2O8/c19-29-28-13-18(12-27-17(26)6-5-16(24)25)7-10-21(11-8-18)15(23)4-2-1-3-9-20-14-22/h14H,1-13H2,(H,20,22)(H,24,25). The minimum atomic E-state index is -1.05. The van der Waals surface area contributed by atoms with E-state index in [1.54, 1.807) is 27.9 Å². The summed E-state index contributed by atoms with van der Waals surface area (Å²) < 4.78 is 9.93. The lowest BCUT2D eigenvalue weighted by molar-refractivity contribution is -0.208. The van der Waals surface area contributed by atoms with E-state index in [9.17, 15) is 19.2 Å². The molecule has 1 saturated heterocycles. The van der Waals surface area contributed by atoms with Crippen LogP contribution in [0.25, 0.3) is 0 Å². The smallest absolute Gasteiger partial charge is 0.306 e. The Kier molecular flexibility index (Phi) is 12.8. The maximum atomic E-state index is 12.4. The molecule has 2 N–H and O–H groups in total. The lowest BCUT2D eigenvalue weighted by Gasteiger charge is -2.40. The van der Waals surface area contributed by atoms with Crippen molar-refractivity contribution in [2.24, 2.45) is 5.41 Å². The molecule has 0 unspecified atom stereocenters. The Morgan fingerprint density at radius 3 is 2.41 bits per heavy atom. The number of hydrogen-bond acceptors (Lipinski definition) is 7. The number of nitrogens with zero attached hydrogens (tertiary/aromatic N) is 1. The highest BCUT2D eigenvalue weighted by atomic mass is 127. The molecule has 29 heavy (non-hydrogen) atoms. The summed E-state index contributed by atoms with van der Waals surface area (Å²) in [7, 11) is 0. The second-order valence-corrected chi connectivity index (χ2v) is 7.50. The van der Waals surface area contributed by atoms with E-state index in [4.69, 9.17) is 14.7 Å². The van der Waals surface area contributed by atoms with Crippen LogP contribution in [0, 0.1) is 5.41 Å². The quantitative estimate of drug-likeness (QED) is 0.0819. The van der Waals surface area contributed by atoms with E-state index in [0.29, 0.717) is 45.3 Å². The first-order chi connectivity index (χ1) is 13.9. The number of halogens is 1. The number of likely N-dealkylation sites (tertiary alicyclic amines) is 1. The number of nitrogens with one attached hydrogen (secondary N) is 1. The molecular formula is C18H29IN2O8. The first-order valence-electron chi connectivity index (χ1n) is 9.65. The number of unbranched alkanes of at least 4 members (excludes halogenated alkanes) is 2. The predicted octanol–water partition coefficient (Wildman–Crippen LogP) is 1.61. The van der Waals surface area contributed by atoms with Crippen molar-refractivity contribution in [2.45, 2.75) is 51.4 Å².